The van der Waals surface area contributed by atoms with Crippen molar-refractivity contribution in [3.8, 4) is 11.3 Å². The maximum Gasteiger partial charge on any atom is 0.221 e. The van der Waals surface area contributed by atoms with E-state index in [0.29, 0.717) is 16.1 Å². The maximum absolute atomic E-state index is 5.75. The van der Waals surface area contributed by atoms with Gasteiger partial charge >= 0.3 is 0 Å². The van der Waals surface area contributed by atoms with Gasteiger partial charge in [0.15, 0.2) is 5.65 Å². The predicted octanol–water partition coefficient (Wildman–Crippen LogP) is 2.14. The average Bonchev–Trinajstić information content (AvgIpc) is 2.71. The summed E-state index contributed by atoms with van der Waals surface area (Å²) in [5, 5.41) is 12.3. The van der Waals surface area contributed by atoms with Gasteiger partial charge in [-0.05, 0) is 40.2 Å². The molecule has 1 aromatic carbocycles. The fourth-order valence-electron chi connectivity index (χ4n) is 1.61. The molecule has 2 N–H and O–H groups in total. The second-order valence-electron chi connectivity index (χ2n) is 3.58. The van der Waals surface area contributed by atoms with Gasteiger partial charge in [0.05, 0.1) is 5.69 Å². The zero-order valence-electron chi connectivity index (χ0n) is 8.71. The van der Waals surface area contributed by atoms with Crippen LogP contribution >= 0.6 is 15.9 Å². The normalized spacial score (nSPS) is 10.9. The molecular formula is C11H8BrN5. The number of benzene rings is 1. The molecule has 0 fully saturated rings. The summed E-state index contributed by atoms with van der Waals surface area (Å²) in [5.74, 6) is 0. The Bertz CT molecular complexity index is 691. The van der Waals surface area contributed by atoms with Crippen LogP contribution in [0.5, 0.6) is 0 Å². The molecule has 0 saturated carbocycles. The highest BCUT2D eigenvalue weighted by molar-refractivity contribution is 9.10. The Hall–Kier alpha value is -1.95. The van der Waals surface area contributed by atoms with Gasteiger partial charge in [-0.15, -0.1) is 10.2 Å². The fourth-order valence-corrected chi connectivity index (χ4v) is 1.95. The second kappa shape index (κ2) is 3.81. The highest BCUT2D eigenvalue weighted by atomic mass is 79.9. The molecule has 3 aromatic rings. The number of hydrogen-bond donors (Lipinski definition) is 1. The third-order valence-corrected chi connectivity index (χ3v) is 2.90. The second-order valence-corrected chi connectivity index (χ2v) is 4.29. The van der Waals surface area contributed by atoms with Gasteiger partial charge in [-0.1, -0.05) is 12.1 Å². The van der Waals surface area contributed by atoms with Crippen LogP contribution in [0, 0.1) is 0 Å². The minimum Gasteiger partial charge on any atom is -0.399 e. The number of nitrogens with two attached hydrogens (primary N) is 1. The maximum atomic E-state index is 5.75. The van der Waals surface area contributed by atoms with Crippen molar-refractivity contribution in [1.29, 1.82) is 0 Å². The van der Waals surface area contributed by atoms with E-state index in [2.05, 4.69) is 31.2 Å². The van der Waals surface area contributed by atoms with E-state index in [1.807, 2.05) is 36.4 Å². The van der Waals surface area contributed by atoms with Gasteiger partial charge in [0.2, 0.25) is 4.73 Å². The van der Waals surface area contributed by atoms with Gasteiger partial charge in [-0.25, -0.2) is 0 Å². The van der Waals surface area contributed by atoms with Crippen molar-refractivity contribution in [2.75, 3.05) is 5.73 Å². The van der Waals surface area contributed by atoms with Crippen molar-refractivity contribution in [3.63, 3.8) is 0 Å². The Balaban J connectivity index is 2.20. The summed E-state index contributed by atoms with van der Waals surface area (Å²) in [6.45, 7) is 0. The number of fused-ring (bicyclic) bond motifs is 1. The lowest BCUT2D eigenvalue weighted by Gasteiger charge is -2.02. The molecule has 0 saturated heterocycles. The van der Waals surface area contributed by atoms with E-state index in [0.717, 1.165) is 11.3 Å². The smallest absolute Gasteiger partial charge is 0.221 e. The van der Waals surface area contributed by atoms with Crippen LogP contribution in [-0.4, -0.2) is 19.8 Å². The molecule has 3 rings (SSSR count). The van der Waals surface area contributed by atoms with Crippen LogP contribution in [0.15, 0.2) is 41.1 Å². The molecule has 0 radical (unpaired) electrons. The van der Waals surface area contributed by atoms with E-state index in [1.165, 1.54) is 0 Å². The van der Waals surface area contributed by atoms with E-state index in [-0.39, 0.29) is 0 Å². The minimum absolute atomic E-state index is 0.582. The molecule has 0 atom stereocenters. The van der Waals surface area contributed by atoms with Gasteiger partial charge in [0, 0.05) is 11.3 Å². The average molecular weight is 290 g/mol. The molecule has 0 spiro atoms. The Morgan fingerprint density at radius 2 is 2.00 bits per heavy atom. The number of nitrogens with zero attached hydrogens (tertiary/aromatic N) is 4. The molecule has 0 aliphatic rings. The zero-order chi connectivity index (χ0) is 11.8. The van der Waals surface area contributed by atoms with Crippen molar-refractivity contribution >= 4 is 27.3 Å². The monoisotopic (exact) mass is 289 g/mol. The number of aromatic nitrogens is 4. The summed E-state index contributed by atoms with van der Waals surface area (Å²) in [6.07, 6.45) is 0. The van der Waals surface area contributed by atoms with Crippen LogP contribution < -0.4 is 5.73 Å². The molecule has 17 heavy (non-hydrogen) atoms. The zero-order valence-corrected chi connectivity index (χ0v) is 10.3. The molecule has 84 valence electrons. The first kappa shape index (κ1) is 10.2. The highest BCUT2D eigenvalue weighted by Crippen LogP contribution is 2.20. The standard InChI is InChI=1S/C11H8BrN5/c12-11-15-14-10-5-4-9(16-17(10)11)7-2-1-3-8(13)6-7/h1-6H,13H2. The Labute approximate surface area is 105 Å². The number of hydrogen-bond acceptors (Lipinski definition) is 4. The molecule has 0 unspecified atom stereocenters. The molecule has 0 aliphatic heterocycles. The molecular weight excluding hydrogens is 282 g/mol. The predicted molar refractivity (Wildman–Crippen MR) is 68.3 cm³/mol. The van der Waals surface area contributed by atoms with E-state index < -0.39 is 0 Å². The summed E-state index contributed by atoms with van der Waals surface area (Å²) < 4.78 is 2.22. The summed E-state index contributed by atoms with van der Waals surface area (Å²) >= 11 is 3.29. The van der Waals surface area contributed by atoms with E-state index in [1.54, 1.807) is 4.52 Å². The largest absolute Gasteiger partial charge is 0.399 e. The number of halogens is 1. The quantitative estimate of drug-likeness (QED) is 0.697. The summed E-state index contributed by atoms with van der Waals surface area (Å²) in [5.41, 5.74) is 8.95. The Kier molecular flexibility index (Phi) is 2.29. The lowest BCUT2D eigenvalue weighted by Crippen LogP contribution is -1.95. The number of nitrogen functional groups attached to an aromatic ring is 1. The van der Waals surface area contributed by atoms with Crippen LogP contribution in [0.25, 0.3) is 16.9 Å². The summed E-state index contributed by atoms with van der Waals surface area (Å²) in [7, 11) is 0. The summed E-state index contributed by atoms with van der Waals surface area (Å²) in [4.78, 5) is 0. The van der Waals surface area contributed by atoms with Gasteiger partial charge < -0.3 is 5.73 Å². The van der Waals surface area contributed by atoms with E-state index >= 15 is 0 Å². The molecule has 0 amide bonds. The lowest BCUT2D eigenvalue weighted by molar-refractivity contribution is 0.903. The van der Waals surface area contributed by atoms with Crippen molar-refractivity contribution in [2.24, 2.45) is 0 Å². The molecule has 2 heterocycles. The Morgan fingerprint density at radius 3 is 2.82 bits per heavy atom. The molecule has 6 heteroatoms. The van der Waals surface area contributed by atoms with Crippen molar-refractivity contribution in [3.05, 3.63) is 41.1 Å². The molecule has 0 aliphatic carbocycles. The van der Waals surface area contributed by atoms with Crippen LogP contribution in [0.1, 0.15) is 0 Å². The van der Waals surface area contributed by atoms with Gasteiger partial charge in [0.25, 0.3) is 0 Å². The minimum atomic E-state index is 0.582. The highest BCUT2D eigenvalue weighted by Gasteiger charge is 2.06. The SMILES string of the molecule is Nc1cccc(-c2ccc3nnc(Br)n3n2)c1. The van der Waals surface area contributed by atoms with Crippen molar-refractivity contribution in [1.82, 2.24) is 19.8 Å². The van der Waals surface area contributed by atoms with Crippen LogP contribution in [0.2, 0.25) is 0 Å². The van der Waals surface area contributed by atoms with E-state index in [9.17, 15) is 0 Å². The summed E-state index contributed by atoms with van der Waals surface area (Å²) in [6, 6.07) is 11.3. The Morgan fingerprint density at radius 1 is 1.12 bits per heavy atom. The number of rotatable bonds is 1. The van der Waals surface area contributed by atoms with Gasteiger partial charge in [-0.3, -0.25) is 0 Å². The van der Waals surface area contributed by atoms with Crippen LogP contribution in [0.3, 0.4) is 0 Å². The first-order valence-electron chi connectivity index (χ1n) is 4.98. The lowest BCUT2D eigenvalue weighted by atomic mass is 10.1. The van der Waals surface area contributed by atoms with Gasteiger partial charge in [-0.2, -0.15) is 9.61 Å². The van der Waals surface area contributed by atoms with Crippen molar-refractivity contribution < 1.29 is 0 Å². The van der Waals surface area contributed by atoms with Crippen LogP contribution in [0.4, 0.5) is 5.69 Å². The molecule has 5 nitrogen and oxygen atoms in total. The first-order chi connectivity index (χ1) is 8.24. The van der Waals surface area contributed by atoms with Gasteiger partial charge in [0.1, 0.15) is 0 Å². The van der Waals surface area contributed by atoms with Crippen LogP contribution in [-0.2, 0) is 0 Å². The first-order valence-corrected chi connectivity index (χ1v) is 5.77. The molecule has 0 bridgehead atoms. The van der Waals surface area contributed by atoms with Crippen molar-refractivity contribution in [2.45, 2.75) is 0 Å². The fraction of sp³-hybridized carbons (Fsp3) is 0. The topological polar surface area (TPSA) is 69.1 Å². The third-order valence-electron chi connectivity index (χ3n) is 2.41. The third kappa shape index (κ3) is 1.76. The van der Waals surface area contributed by atoms with E-state index in [4.69, 9.17) is 5.73 Å². The number of anilines is 1. The molecule has 2 aromatic heterocycles.